The average Bonchev–Trinajstić information content (AvgIpc) is 2.34. The molecular weight excluding hydrogens is 276 g/mol. The zero-order valence-corrected chi connectivity index (χ0v) is 12.4. The maximum Gasteiger partial charge on any atom is 0.106 e. The first-order valence-electron chi connectivity index (χ1n) is 5.91. The van der Waals surface area contributed by atoms with E-state index in [0.29, 0.717) is 10.0 Å². The van der Waals surface area contributed by atoms with Crippen LogP contribution in [0.25, 0.3) is 0 Å². The van der Waals surface area contributed by atoms with Gasteiger partial charge in [0.05, 0.1) is 16.4 Å². The highest BCUT2D eigenvalue weighted by Gasteiger charge is 2.09. The van der Waals surface area contributed by atoms with Crippen molar-refractivity contribution < 1.29 is 0 Å². The molecule has 0 fully saturated rings. The van der Waals surface area contributed by atoms with Gasteiger partial charge in [0, 0.05) is 5.56 Å². The van der Waals surface area contributed by atoms with E-state index in [2.05, 4.69) is 5.32 Å². The molecule has 4 heteroatoms. The van der Waals surface area contributed by atoms with Crippen molar-refractivity contribution in [2.45, 2.75) is 13.8 Å². The smallest absolute Gasteiger partial charge is 0.106 e. The molecule has 2 aromatic rings. The summed E-state index contributed by atoms with van der Waals surface area (Å²) in [5, 5.41) is 4.00. The Balaban J connectivity index is 2.46. The highest BCUT2D eigenvalue weighted by Crippen LogP contribution is 2.30. The largest absolute Gasteiger partial charge is 0.389 e. The molecule has 0 heterocycles. The Labute approximate surface area is 123 Å². The molecule has 0 radical (unpaired) electrons. The Hall–Kier alpha value is -1.58. The second kappa shape index (κ2) is 5.59. The van der Waals surface area contributed by atoms with Crippen molar-refractivity contribution in [1.82, 2.24) is 0 Å². The number of aryl methyl sites for hydroxylation is 2. The van der Waals surface area contributed by atoms with E-state index < -0.39 is 0 Å². The molecule has 0 aliphatic rings. The SMILES string of the molecule is Cc1ccc(Nc2c(C)cccc2C(N)=S)c(Cl)c1. The molecule has 0 spiro atoms. The summed E-state index contributed by atoms with van der Waals surface area (Å²) in [4.78, 5) is 0.370. The van der Waals surface area contributed by atoms with Gasteiger partial charge in [0.2, 0.25) is 0 Å². The molecule has 0 saturated carbocycles. The monoisotopic (exact) mass is 290 g/mol. The summed E-state index contributed by atoms with van der Waals surface area (Å²) in [5.74, 6) is 0. The fourth-order valence-corrected chi connectivity index (χ4v) is 2.35. The van der Waals surface area contributed by atoms with Gasteiger partial charge in [-0.05, 0) is 43.2 Å². The van der Waals surface area contributed by atoms with E-state index >= 15 is 0 Å². The molecule has 0 unspecified atom stereocenters. The van der Waals surface area contributed by atoms with Gasteiger partial charge in [-0.2, -0.15) is 0 Å². The first-order valence-corrected chi connectivity index (χ1v) is 6.70. The summed E-state index contributed by atoms with van der Waals surface area (Å²) in [5.41, 5.74) is 10.5. The minimum atomic E-state index is 0.370. The molecule has 0 amide bonds. The molecule has 98 valence electrons. The number of benzene rings is 2. The lowest BCUT2D eigenvalue weighted by atomic mass is 10.1. The highest BCUT2D eigenvalue weighted by molar-refractivity contribution is 7.80. The molecule has 0 aliphatic heterocycles. The van der Waals surface area contributed by atoms with Crippen LogP contribution in [0.5, 0.6) is 0 Å². The van der Waals surface area contributed by atoms with Gasteiger partial charge < -0.3 is 11.1 Å². The second-order valence-corrected chi connectivity index (χ2v) is 5.32. The molecule has 0 atom stereocenters. The van der Waals surface area contributed by atoms with E-state index in [0.717, 1.165) is 28.1 Å². The molecule has 2 rings (SSSR count). The molecule has 0 saturated heterocycles. The molecule has 0 aliphatic carbocycles. The number of para-hydroxylation sites is 1. The summed E-state index contributed by atoms with van der Waals surface area (Å²) in [6.07, 6.45) is 0. The van der Waals surface area contributed by atoms with E-state index in [9.17, 15) is 0 Å². The van der Waals surface area contributed by atoms with E-state index in [1.807, 2.05) is 50.2 Å². The van der Waals surface area contributed by atoms with Gasteiger partial charge in [-0.3, -0.25) is 0 Å². The molecule has 19 heavy (non-hydrogen) atoms. The van der Waals surface area contributed by atoms with Crippen LogP contribution in [0.4, 0.5) is 11.4 Å². The van der Waals surface area contributed by atoms with Crippen LogP contribution in [0, 0.1) is 13.8 Å². The van der Waals surface area contributed by atoms with Crippen molar-refractivity contribution in [3.05, 3.63) is 58.1 Å². The summed E-state index contributed by atoms with van der Waals surface area (Å²) >= 11 is 11.3. The van der Waals surface area contributed by atoms with Crippen molar-refractivity contribution >= 4 is 40.2 Å². The number of hydrogen-bond acceptors (Lipinski definition) is 2. The first kappa shape index (κ1) is 13.8. The van der Waals surface area contributed by atoms with Crippen LogP contribution >= 0.6 is 23.8 Å². The Morgan fingerprint density at radius 1 is 1.21 bits per heavy atom. The number of hydrogen-bond donors (Lipinski definition) is 2. The topological polar surface area (TPSA) is 38.0 Å². The maximum absolute atomic E-state index is 6.24. The maximum atomic E-state index is 6.24. The number of rotatable bonds is 3. The third kappa shape index (κ3) is 3.06. The lowest BCUT2D eigenvalue weighted by Gasteiger charge is -2.15. The van der Waals surface area contributed by atoms with Gasteiger partial charge in [0.1, 0.15) is 4.99 Å². The van der Waals surface area contributed by atoms with E-state index in [1.165, 1.54) is 0 Å². The normalized spacial score (nSPS) is 10.3. The molecule has 2 nitrogen and oxygen atoms in total. The van der Waals surface area contributed by atoms with Gasteiger partial charge in [-0.25, -0.2) is 0 Å². The predicted octanol–water partition coefficient (Wildman–Crippen LogP) is 4.33. The third-order valence-corrected chi connectivity index (χ3v) is 3.46. The minimum absolute atomic E-state index is 0.370. The summed E-state index contributed by atoms with van der Waals surface area (Å²) in [7, 11) is 0. The molecule has 0 bridgehead atoms. The van der Waals surface area contributed by atoms with Gasteiger partial charge in [0.15, 0.2) is 0 Å². The van der Waals surface area contributed by atoms with E-state index in [4.69, 9.17) is 29.6 Å². The van der Waals surface area contributed by atoms with Crippen molar-refractivity contribution in [1.29, 1.82) is 0 Å². The Kier molecular flexibility index (Phi) is 4.08. The molecule has 2 aromatic carbocycles. The zero-order valence-electron chi connectivity index (χ0n) is 10.8. The fraction of sp³-hybridized carbons (Fsp3) is 0.133. The minimum Gasteiger partial charge on any atom is -0.389 e. The number of halogens is 1. The van der Waals surface area contributed by atoms with Crippen LogP contribution < -0.4 is 11.1 Å². The summed E-state index contributed by atoms with van der Waals surface area (Å²) < 4.78 is 0. The highest BCUT2D eigenvalue weighted by atomic mass is 35.5. The van der Waals surface area contributed by atoms with Crippen LogP contribution in [-0.4, -0.2) is 4.99 Å². The lowest BCUT2D eigenvalue weighted by molar-refractivity contribution is 1.40. The Morgan fingerprint density at radius 2 is 1.95 bits per heavy atom. The average molecular weight is 291 g/mol. The van der Waals surface area contributed by atoms with Gasteiger partial charge in [-0.1, -0.05) is 42.0 Å². The summed E-state index contributed by atoms with van der Waals surface area (Å²) in [6, 6.07) is 11.7. The van der Waals surface area contributed by atoms with Gasteiger partial charge in [-0.15, -0.1) is 0 Å². The quantitative estimate of drug-likeness (QED) is 0.826. The van der Waals surface area contributed by atoms with Crippen molar-refractivity contribution in [3.63, 3.8) is 0 Å². The van der Waals surface area contributed by atoms with Crippen molar-refractivity contribution in [2.75, 3.05) is 5.32 Å². The van der Waals surface area contributed by atoms with E-state index in [1.54, 1.807) is 0 Å². The lowest BCUT2D eigenvalue weighted by Crippen LogP contribution is -2.12. The van der Waals surface area contributed by atoms with Crippen molar-refractivity contribution in [2.24, 2.45) is 5.73 Å². The fourth-order valence-electron chi connectivity index (χ4n) is 1.90. The first-order chi connectivity index (χ1) is 8.99. The van der Waals surface area contributed by atoms with Crippen LogP contribution in [0.3, 0.4) is 0 Å². The zero-order chi connectivity index (χ0) is 14.0. The van der Waals surface area contributed by atoms with Gasteiger partial charge >= 0.3 is 0 Å². The number of anilines is 2. The molecule has 0 aromatic heterocycles. The van der Waals surface area contributed by atoms with Crippen molar-refractivity contribution in [3.8, 4) is 0 Å². The summed E-state index contributed by atoms with van der Waals surface area (Å²) in [6.45, 7) is 4.01. The van der Waals surface area contributed by atoms with Gasteiger partial charge in [0.25, 0.3) is 0 Å². The molecule has 3 N–H and O–H groups in total. The van der Waals surface area contributed by atoms with E-state index in [-0.39, 0.29) is 0 Å². The Morgan fingerprint density at radius 3 is 2.58 bits per heavy atom. The Bertz CT molecular complexity index is 638. The molecular formula is C15H15ClN2S. The number of nitrogens with two attached hydrogens (primary N) is 1. The van der Waals surface area contributed by atoms with Crippen LogP contribution in [0.2, 0.25) is 5.02 Å². The standard InChI is InChI=1S/C15H15ClN2S/c1-9-6-7-13(12(16)8-9)18-14-10(2)4-3-5-11(14)15(17)19/h3-8,18H,1-2H3,(H2,17,19). The second-order valence-electron chi connectivity index (χ2n) is 4.47. The van der Waals surface area contributed by atoms with Crippen LogP contribution in [0.15, 0.2) is 36.4 Å². The third-order valence-electron chi connectivity index (χ3n) is 2.92. The number of nitrogens with one attached hydrogen (secondary N) is 1. The van der Waals surface area contributed by atoms with Crippen LogP contribution in [-0.2, 0) is 0 Å². The number of thiocarbonyl (C=S) groups is 1. The predicted molar refractivity (Wildman–Crippen MR) is 86.5 cm³/mol. The van der Waals surface area contributed by atoms with Crippen LogP contribution in [0.1, 0.15) is 16.7 Å².